The highest BCUT2D eigenvalue weighted by atomic mass is 16.6. The molecule has 0 aliphatic carbocycles. The second-order valence-electron chi connectivity index (χ2n) is 18.8. The van der Waals surface area contributed by atoms with Crippen LogP contribution in [0.4, 0.5) is 0 Å². The van der Waals surface area contributed by atoms with Crippen molar-refractivity contribution in [3.8, 4) is 0 Å². The molecule has 0 aromatic heterocycles. The second kappa shape index (κ2) is 56.9. The summed E-state index contributed by atoms with van der Waals surface area (Å²) in [5.41, 5.74) is 0. The number of carbonyl (C=O) groups is 3. The van der Waals surface area contributed by atoms with Crippen LogP contribution in [0.5, 0.6) is 0 Å². The van der Waals surface area contributed by atoms with Gasteiger partial charge in [-0.25, -0.2) is 0 Å². The van der Waals surface area contributed by atoms with E-state index in [0.717, 1.165) is 135 Å². The average molecular weight is 960 g/mol. The Morgan fingerprint density at radius 2 is 0.565 bits per heavy atom. The molecule has 0 saturated heterocycles. The van der Waals surface area contributed by atoms with Gasteiger partial charge in [-0.15, -0.1) is 0 Å². The molecule has 0 heterocycles. The van der Waals surface area contributed by atoms with Gasteiger partial charge in [0.2, 0.25) is 0 Å². The Hall–Kier alpha value is -3.67. The van der Waals surface area contributed by atoms with E-state index in [0.29, 0.717) is 19.3 Å². The predicted octanol–water partition coefficient (Wildman–Crippen LogP) is 19.3. The highest BCUT2D eigenvalue weighted by Crippen LogP contribution is 2.15. The van der Waals surface area contributed by atoms with E-state index in [1.165, 1.54) is 89.9 Å². The fraction of sp³-hybridized carbons (Fsp3) is 0.698. The monoisotopic (exact) mass is 959 g/mol. The molecule has 0 bridgehead atoms. The molecule has 0 fully saturated rings. The first-order valence-electron chi connectivity index (χ1n) is 28.7. The topological polar surface area (TPSA) is 78.9 Å². The van der Waals surface area contributed by atoms with Crippen LogP contribution in [0.2, 0.25) is 0 Å². The van der Waals surface area contributed by atoms with E-state index in [1.54, 1.807) is 0 Å². The summed E-state index contributed by atoms with van der Waals surface area (Å²) in [7, 11) is 0. The van der Waals surface area contributed by atoms with Gasteiger partial charge in [0.15, 0.2) is 6.10 Å². The molecule has 0 spiro atoms. The molecule has 0 N–H and O–H groups in total. The lowest BCUT2D eigenvalue weighted by Crippen LogP contribution is -2.30. The van der Waals surface area contributed by atoms with Gasteiger partial charge in [-0.2, -0.15) is 0 Å². The normalized spacial score (nSPS) is 12.8. The number of hydrogen-bond donors (Lipinski definition) is 0. The summed E-state index contributed by atoms with van der Waals surface area (Å²) in [5.74, 6) is -0.913. The summed E-state index contributed by atoms with van der Waals surface area (Å²) in [6, 6.07) is 0. The van der Waals surface area contributed by atoms with Gasteiger partial charge >= 0.3 is 17.9 Å². The maximum Gasteiger partial charge on any atom is 0.306 e. The van der Waals surface area contributed by atoms with E-state index in [-0.39, 0.29) is 31.1 Å². The highest BCUT2D eigenvalue weighted by molar-refractivity contribution is 5.71. The van der Waals surface area contributed by atoms with Gasteiger partial charge in [0.25, 0.3) is 0 Å². The Balaban J connectivity index is 4.32. The summed E-state index contributed by atoms with van der Waals surface area (Å²) in [6.07, 6.45) is 75.4. The van der Waals surface area contributed by atoms with Gasteiger partial charge in [-0.1, -0.05) is 240 Å². The molecule has 0 rings (SSSR count). The minimum atomic E-state index is -0.788. The molecular weight excluding hydrogens is 853 g/mol. The van der Waals surface area contributed by atoms with Crippen LogP contribution in [0.3, 0.4) is 0 Å². The minimum Gasteiger partial charge on any atom is -0.462 e. The largest absolute Gasteiger partial charge is 0.462 e. The molecule has 0 aliphatic heterocycles. The Kier molecular flexibility index (Phi) is 53.9. The zero-order chi connectivity index (χ0) is 50.0. The van der Waals surface area contributed by atoms with E-state index in [4.69, 9.17) is 14.2 Å². The van der Waals surface area contributed by atoms with Crippen molar-refractivity contribution >= 4 is 17.9 Å². The third-order valence-corrected chi connectivity index (χ3v) is 12.1. The number of esters is 3. The van der Waals surface area contributed by atoms with Crippen LogP contribution in [-0.2, 0) is 28.6 Å². The van der Waals surface area contributed by atoms with Crippen LogP contribution in [0.25, 0.3) is 0 Å². The van der Waals surface area contributed by atoms with Crippen LogP contribution in [0, 0.1) is 0 Å². The van der Waals surface area contributed by atoms with E-state index < -0.39 is 6.10 Å². The fourth-order valence-corrected chi connectivity index (χ4v) is 7.77. The highest BCUT2D eigenvalue weighted by Gasteiger charge is 2.19. The first-order valence-corrected chi connectivity index (χ1v) is 28.7. The van der Waals surface area contributed by atoms with E-state index in [2.05, 4.69) is 118 Å². The van der Waals surface area contributed by atoms with Crippen LogP contribution < -0.4 is 0 Å². The molecule has 0 radical (unpaired) electrons. The number of carbonyl (C=O) groups excluding carboxylic acids is 3. The molecule has 0 saturated carbocycles. The van der Waals surface area contributed by atoms with Crippen molar-refractivity contribution in [3.05, 3.63) is 97.2 Å². The standard InChI is InChI=1S/C63H106O6/c1-4-7-10-13-16-19-22-25-26-27-28-29-30-31-32-33-34-35-36-37-38-39-42-44-47-50-53-56-62(65)68-59-60(69-63(66)57-54-51-48-45-41-24-21-18-15-12-9-6-3)58-67-61(64)55-52-49-46-43-40-23-20-17-14-11-8-5-2/h7,10,16,18-19,21,25-26,28-29,31-32,34-35,37-38,60H,4-6,8-9,11-15,17,20,22-24,27,30,33,36,39-59H2,1-3H3/b10-7-,19-16-,21-18-,26-25-,29-28-,32-31-,35-34-,38-37-. The number of hydrogen-bond acceptors (Lipinski definition) is 6. The SMILES string of the molecule is CC/C=C\C/C=C\C/C=C\C/C=C\C/C=C\C/C=C\C/C=C\CCCCCCCC(=O)OCC(COC(=O)CCCCCCCCCCCCCC)OC(=O)CCCCCCC/C=C\CCCCC. The van der Waals surface area contributed by atoms with Crippen molar-refractivity contribution in [1.82, 2.24) is 0 Å². The van der Waals surface area contributed by atoms with E-state index >= 15 is 0 Å². The zero-order valence-electron chi connectivity index (χ0n) is 45.0. The number of ether oxygens (including phenoxy) is 3. The van der Waals surface area contributed by atoms with Gasteiger partial charge in [0.1, 0.15) is 13.2 Å². The van der Waals surface area contributed by atoms with Crippen molar-refractivity contribution in [1.29, 1.82) is 0 Å². The molecule has 1 atom stereocenters. The summed E-state index contributed by atoms with van der Waals surface area (Å²) in [5, 5.41) is 0. The lowest BCUT2D eigenvalue weighted by atomic mass is 10.0. The van der Waals surface area contributed by atoms with Crippen molar-refractivity contribution in [2.24, 2.45) is 0 Å². The maximum atomic E-state index is 12.8. The van der Waals surface area contributed by atoms with Crippen molar-refractivity contribution in [2.75, 3.05) is 13.2 Å². The van der Waals surface area contributed by atoms with Crippen molar-refractivity contribution in [2.45, 2.75) is 271 Å². The number of rotatable bonds is 51. The quantitative estimate of drug-likeness (QED) is 0.0262. The van der Waals surface area contributed by atoms with Gasteiger partial charge < -0.3 is 14.2 Å². The number of allylic oxidation sites excluding steroid dienone is 16. The van der Waals surface area contributed by atoms with E-state index in [9.17, 15) is 14.4 Å². The molecular formula is C63H106O6. The summed E-state index contributed by atoms with van der Waals surface area (Å²) in [4.78, 5) is 38.0. The van der Waals surface area contributed by atoms with Crippen molar-refractivity contribution < 1.29 is 28.6 Å². The molecule has 6 heteroatoms. The summed E-state index contributed by atoms with van der Waals surface area (Å²) < 4.78 is 16.8. The lowest BCUT2D eigenvalue weighted by Gasteiger charge is -2.18. The second-order valence-corrected chi connectivity index (χ2v) is 18.8. The Bertz CT molecular complexity index is 1380. The lowest BCUT2D eigenvalue weighted by molar-refractivity contribution is -0.167. The zero-order valence-corrected chi connectivity index (χ0v) is 45.0. The Morgan fingerprint density at radius 1 is 0.304 bits per heavy atom. The van der Waals surface area contributed by atoms with Gasteiger partial charge in [0.05, 0.1) is 0 Å². The van der Waals surface area contributed by atoms with Crippen LogP contribution in [-0.4, -0.2) is 37.2 Å². The minimum absolute atomic E-state index is 0.0854. The molecule has 6 nitrogen and oxygen atoms in total. The first kappa shape index (κ1) is 65.3. The summed E-state index contributed by atoms with van der Waals surface area (Å²) >= 11 is 0. The molecule has 0 aromatic carbocycles. The molecule has 1 unspecified atom stereocenters. The molecule has 0 aromatic rings. The predicted molar refractivity (Wildman–Crippen MR) is 297 cm³/mol. The molecule has 0 aliphatic rings. The smallest absolute Gasteiger partial charge is 0.306 e. The van der Waals surface area contributed by atoms with E-state index in [1.807, 2.05) is 0 Å². The third kappa shape index (κ3) is 55.1. The molecule has 69 heavy (non-hydrogen) atoms. The van der Waals surface area contributed by atoms with Gasteiger partial charge in [0, 0.05) is 19.3 Å². The van der Waals surface area contributed by atoms with Crippen LogP contribution in [0.15, 0.2) is 97.2 Å². The van der Waals surface area contributed by atoms with Crippen LogP contribution >= 0.6 is 0 Å². The Labute approximate surface area is 426 Å². The fourth-order valence-electron chi connectivity index (χ4n) is 7.77. The Morgan fingerprint density at radius 3 is 0.928 bits per heavy atom. The summed E-state index contributed by atoms with van der Waals surface area (Å²) in [6.45, 7) is 6.48. The third-order valence-electron chi connectivity index (χ3n) is 12.1. The molecule has 0 amide bonds. The maximum absolute atomic E-state index is 12.8. The average Bonchev–Trinajstić information content (AvgIpc) is 3.35. The van der Waals surface area contributed by atoms with Crippen LogP contribution in [0.1, 0.15) is 265 Å². The number of unbranched alkanes of at least 4 members (excludes halogenated alkanes) is 24. The molecule has 394 valence electrons. The first-order chi connectivity index (χ1) is 34.0. The van der Waals surface area contributed by atoms with Crippen molar-refractivity contribution in [3.63, 3.8) is 0 Å². The van der Waals surface area contributed by atoms with Gasteiger partial charge in [-0.3, -0.25) is 14.4 Å². The van der Waals surface area contributed by atoms with Gasteiger partial charge in [-0.05, 0) is 103 Å².